The van der Waals surface area contributed by atoms with Gasteiger partial charge < -0.3 is 10.4 Å². The van der Waals surface area contributed by atoms with Gasteiger partial charge in [0.2, 0.25) is 0 Å². The number of aliphatic hydroxyl groups is 1. The van der Waals surface area contributed by atoms with Crippen molar-refractivity contribution >= 4 is 0 Å². The summed E-state index contributed by atoms with van der Waals surface area (Å²) >= 11 is 0. The normalized spacial score (nSPS) is 12.9. The lowest BCUT2D eigenvalue weighted by Crippen LogP contribution is -2.30. The molecular formula is C10H21NO. The Morgan fingerprint density at radius 2 is 2.17 bits per heavy atom. The van der Waals surface area contributed by atoms with E-state index >= 15 is 0 Å². The van der Waals surface area contributed by atoms with E-state index in [1.165, 1.54) is 5.57 Å². The second-order valence-electron chi connectivity index (χ2n) is 3.10. The predicted molar refractivity (Wildman–Crippen MR) is 53.2 cm³/mol. The number of hydrogen-bond donors (Lipinski definition) is 2. The SMILES string of the molecule is C=C(CC)CNC(CC)CCO. The molecule has 2 nitrogen and oxygen atoms in total. The van der Waals surface area contributed by atoms with Crippen molar-refractivity contribution in [2.75, 3.05) is 13.2 Å². The standard InChI is InChI=1S/C10H21NO/c1-4-9(3)8-11-10(5-2)6-7-12/h10-12H,3-8H2,1-2H3. The van der Waals surface area contributed by atoms with Crippen molar-refractivity contribution in [3.05, 3.63) is 12.2 Å². The van der Waals surface area contributed by atoms with Crippen LogP contribution >= 0.6 is 0 Å². The van der Waals surface area contributed by atoms with Gasteiger partial charge in [-0.25, -0.2) is 0 Å². The highest BCUT2D eigenvalue weighted by Gasteiger charge is 2.03. The van der Waals surface area contributed by atoms with Crippen LogP contribution in [0.2, 0.25) is 0 Å². The molecule has 0 aromatic heterocycles. The fourth-order valence-corrected chi connectivity index (χ4v) is 1.02. The number of hydrogen-bond acceptors (Lipinski definition) is 2. The van der Waals surface area contributed by atoms with Crippen LogP contribution < -0.4 is 5.32 Å². The zero-order chi connectivity index (χ0) is 9.40. The van der Waals surface area contributed by atoms with Gasteiger partial charge in [-0.3, -0.25) is 0 Å². The number of aliphatic hydroxyl groups excluding tert-OH is 1. The molecule has 0 saturated heterocycles. The Labute approximate surface area is 75.7 Å². The molecule has 0 heterocycles. The Morgan fingerprint density at radius 1 is 1.50 bits per heavy atom. The van der Waals surface area contributed by atoms with Gasteiger partial charge in [-0.05, 0) is 19.3 Å². The van der Waals surface area contributed by atoms with Crippen LogP contribution in [0.15, 0.2) is 12.2 Å². The van der Waals surface area contributed by atoms with E-state index in [4.69, 9.17) is 5.11 Å². The van der Waals surface area contributed by atoms with Crippen LogP contribution in [0.5, 0.6) is 0 Å². The lowest BCUT2D eigenvalue weighted by Gasteiger charge is -2.15. The molecule has 0 aromatic rings. The van der Waals surface area contributed by atoms with Crippen LogP contribution in [0.4, 0.5) is 0 Å². The number of rotatable bonds is 7. The summed E-state index contributed by atoms with van der Waals surface area (Å²) < 4.78 is 0. The first kappa shape index (κ1) is 11.7. The molecule has 0 radical (unpaired) electrons. The molecule has 0 aliphatic carbocycles. The second kappa shape index (κ2) is 7.32. The van der Waals surface area contributed by atoms with E-state index in [2.05, 4.69) is 25.7 Å². The third-order valence-corrected chi connectivity index (χ3v) is 2.11. The Morgan fingerprint density at radius 3 is 2.58 bits per heavy atom. The number of nitrogens with one attached hydrogen (secondary N) is 1. The summed E-state index contributed by atoms with van der Waals surface area (Å²) in [5, 5.41) is 12.1. The van der Waals surface area contributed by atoms with Crippen LogP contribution in [0.1, 0.15) is 33.1 Å². The molecule has 0 amide bonds. The molecule has 0 aromatic carbocycles. The Kier molecular flexibility index (Phi) is 7.11. The van der Waals surface area contributed by atoms with Gasteiger partial charge in [0.25, 0.3) is 0 Å². The maximum Gasteiger partial charge on any atom is 0.0445 e. The van der Waals surface area contributed by atoms with Crippen LogP contribution in [-0.2, 0) is 0 Å². The van der Waals surface area contributed by atoms with Gasteiger partial charge in [-0.15, -0.1) is 0 Å². The largest absolute Gasteiger partial charge is 0.396 e. The Balaban J connectivity index is 3.50. The quantitative estimate of drug-likeness (QED) is 0.571. The second-order valence-corrected chi connectivity index (χ2v) is 3.10. The van der Waals surface area contributed by atoms with E-state index in [9.17, 15) is 0 Å². The summed E-state index contributed by atoms with van der Waals surface area (Å²) in [5.74, 6) is 0. The van der Waals surface area contributed by atoms with Crippen molar-refractivity contribution in [2.24, 2.45) is 0 Å². The van der Waals surface area contributed by atoms with E-state index in [1.54, 1.807) is 0 Å². The van der Waals surface area contributed by atoms with Gasteiger partial charge in [0, 0.05) is 19.2 Å². The van der Waals surface area contributed by atoms with Crippen molar-refractivity contribution in [1.29, 1.82) is 0 Å². The van der Waals surface area contributed by atoms with Gasteiger partial charge in [0.15, 0.2) is 0 Å². The molecule has 0 rings (SSSR count). The minimum absolute atomic E-state index is 0.268. The average Bonchev–Trinajstić information content (AvgIpc) is 2.11. The van der Waals surface area contributed by atoms with E-state index in [1.807, 2.05) is 0 Å². The van der Waals surface area contributed by atoms with Crippen LogP contribution in [0, 0.1) is 0 Å². The first-order valence-electron chi connectivity index (χ1n) is 4.75. The average molecular weight is 171 g/mol. The molecular weight excluding hydrogens is 150 g/mol. The molecule has 0 saturated carbocycles. The maximum absolute atomic E-state index is 8.73. The third kappa shape index (κ3) is 5.33. The first-order chi connectivity index (χ1) is 5.74. The first-order valence-corrected chi connectivity index (χ1v) is 4.75. The molecule has 1 unspecified atom stereocenters. The van der Waals surface area contributed by atoms with E-state index in [0.29, 0.717) is 6.04 Å². The summed E-state index contributed by atoms with van der Waals surface area (Å²) in [6, 6.07) is 0.443. The molecule has 12 heavy (non-hydrogen) atoms. The molecule has 1 atom stereocenters. The molecule has 0 fully saturated rings. The van der Waals surface area contributed by atoms with Crippen molar-refractivity contribution in [1.82, 2.24) is 5.32 Å². The minimum atomic E-state index is 0.268. The Hall–Kier alpha value is -0.340. The maximum atomic E-state index is 8.73. The molecule has 72 valence electrons. The van der Waals surface area contributed by atoms with E-state index in [0.717, 1.165) is 25.8 Å². The van der Waals surface area contributed by atoms with Crippen molar-refractivity contribution < 1.29 is 5.11 Å². The smallest absolute Gasteiger partial charge is 0.0445 e. The molecule has 2 heteroatoms. The summed E-state index contributed by atoms with van der Waals surface area (Å²) in [4.78, 5) is 0. The topological polar surface area (TPSA) is 32.3 Å². The fraction of sp³-hybridized carbons (Fsp3) is 0.800. The van der Waals surface area contributed by atoms with Gasteiger partial charge in [-0.1, -0.05) is 26.0 Å². The summed E-state index contributed by atoms with van der Waals surface area (Å²) in [5.41, 5.74) is 1.23. The van der Waals surface area contributed by atoms with E-state index in [-0.39, 0.29) is 6.61 Å². The van der Waals surface area contributed by atoms with Crippen LogP contribution in [0.25, 0.3) is 0 Å². The van der Waals surface area contributed by atoms with Gasteiger partial charge in [0.05, 0.1) is 0 Å². The zero-order valence-corrected chi connectivity index (χ0v) is 8.27. The molecule has 0 bridgehead atoms. The molecule has 0 aliphatic heterocycles. The molecule has 0 spiro atoms. The van der Waals surface area contributed by atoms with Gasteiger partial charge >= 0.3 is 0 Å². The fourth-order valence-electron chi connectivity index (χ4n) is 1.02. The lowest BCUT2D eigenvalue weighted by atomic mass is 10.1. The van der Waals surface area contributed by atoms with Crippen LogP contribution in [0.3, 0.4) is 0 Å². The molecule has 2 N–H and O–H groups in total. The monoisotopic (exact) mass is 171 g/mol. The van der Waals surface area contributed by atoms with Crippen molar-refractivity contribution in [2.45, 2.75) is 39.2 Å². The highest BCUT2D eigenvalue weighted by atomic mass is 16.3. The van der Waals surface area contributed by atoms with E-state index < -0.39 is 0 Å². The zero-order valence-electron chi connectivity index (χ0n) is 8.27. The van der Waals surface area contributed by atoms with Crippen LogP contribution in [-0.4, -0.2) is 24.3 Å². The highest BCUT2D eigenvalue weighted by Crippen LogP contribution is 1.99. The Bertz CT molecular complexity index is 123. The predicted octanol–water partition coefficient (Wildman–Crippen LogP) is 1.70. The minimum Gasteiger partial charge on any atom is -0.396 e. The van der Waals surface area contributed by atoms with Gasteiger partial charge in [-0.2, -0.15) is 0 Å². The summed E-state index contributed by atoms with van der Waals surface area (Å²) in [6.45, 7) is 9.30. The molecule has 0 aliphatic rings. The summed E-state index contributed by atoms with van der Waals surface area (Å²) in [7, 11) is 0. The third-order valence-electron chi connectivity index (χ3n) is 2.11. The van der Waals surface area contributed by atoms with Crippen molar-refractivity contribution in [3.63, 3.8) is 0 Å². The van der Waals surface area contributed by atoms with Gasteiger partial charge in [0.1, 0.15) is 0 Å². The van der Waals surface area contributed by atoms with Crippen molar-refractivity contribution in [3.8, 4) is 0 Å². The summed E-state index contributed by atoms with van der Waals surface area (Å²) in [6.07, 6.45) is 2.94. The lowest BCUT2D eigenvalue weighted by molar-refractivity contribution is 0.264. The highest BCUT2D eigenvalue weighted by molar-refractivity contribution is 4.95.